The number of nitrogens with one attached hydrogen (secondary N) is 4. The summed E-state index contributed by atoms with van der Waals surface area (Å²) < 4.78 is 5.40. The lowest BCUT2D eigenvalue weighted by Gasteiger charge is -2.23. The molecule has 4 N–H and O–H groups in total. The molecule has 5 rings (SSSR count). The first kappa shape index (κ1) is 28.4. The number of H-pyrrole nitrogens is 1. The summed E-state index contributed by atoms with van der Waals surface area (Å²) in [5, 5.41) is 11.9. The zero-order valence-corrected chi connectivity index (χ0v) is 23.6. The highest BCUT2D eigenvalue weighted by atomic mass is 16.5. The van der Waals surface area contributed by atoms with Crippen molar-refractivity contribution in [1.29, 1.82) is 0 Å². The predicted octanol–water partition coefficient (Wildman–Crippen LogP) is 4.60. The number of benzene rings is 2. The van der Waals surface area contributed by atoms with Gasteiger partial charge in [-0.2, -0.15) is 0 Å². The van der Waals surface area contributed by atoms with Gasteiger partial charge in [0.25, 0.3) is 0 Å². The van der Waals surface area contributed by atoms with Crippen molar-refractivity contribution in [1.82, 2.24) is 35.8 Å². The average molecular weight is 550 g/mol. The average Bonchev–Trinajstić information content (AvgIpc) is 3.43. The molecule has 0 aliphatic rings. The minimum absolute atomic E-state index is 0.743. The number of aromatic amines is 1. The fourth-order valence-corrected chi connectivity index (χ4v) is 4.81. The van der Waals surface area contributed by atoms with Crippen LogP contribution in [0.4, 0.5) is 0 Å². The molecule has 0 saturated heterocycles. The first-order chi connectivity index (χ1) is 20.3. The molecule has 0 aliphatic heterocycles. The number of pyridine rings is 2. The van der Waals surface area contributed by atoms with E-state index in [0.29, 0.717) is 0 Å². The Morgan fingerprint density at radius 3 is 2.20 bits per heavy atom. The van der Waals surface area contributed by atoms with Crippen molar-refractivity contribution in [3.8, 4) is 5.75 Å². The lowest BCUT2D eigenvalue weighted by Crippen LogP contribution is -2.38. The fraction of sp³-hybridized carbons (Fsp3) is 0.273. The normalized spacial score (nSPS) is 11.4. The number of nitrogens with zero attached hydrogens (tertiary/aromatic N) is 3. The second-order valence-corrected chi connectivity index (χ2v) is 10.1. The highest BCUT2D eigenvalue weighted by Gasteiger charge is 2.08. The summed E-state index contributed by atoms with van der Waals surface area (Å²) in [6, 6.07) is 27.1. The first-order valence-corrected chi connectivity index (χ1v) is 14.1. The van der Waals surface area contributed by atoms with Gasteiger partial charge < -0.3 is 20.4 Å². The van der Waals surface area contributed by atoms with Crippen molar-refractivity contribution >= 4 is 10.9 Å². The molecule has 8 heteroatoms. The highest BCUT2D eigenvalue weighted by molar-refractivity contribution is 5.84. The zero-order chi connectivity index (χ0) is 28.1. The van der Waals surface area contributed by atoms with Crippen LogP contribution in [0.15, 0.2) is 97.5 Å². The van der Waals surface area contributed by atoms with Crippen LogP contribution in [-0.2, 0) is 32.7 Å². The van der Waals surface area contributed by atoms with Gasteiger partial charge in [0.15, 0.2) is 0 Å². The molecule has 0 spiro atoms. The minimum atomic E-state index is 0.743. The molecule has 2 aromatic carbocycles. The van der Waals surface area contributed by atoms with E-state index in [2.05, 4.69) is 78.4 Å². The third-order valence-corrected chi connectivity index (χ3v) is 7.05. The van der Waals surface area contributed by atoms with Crippen LogP contribution < -0.4 is 20.7 Å². The van der Waals surface area contributed by atoms with Crippen molar-refractivity contribution in [2.75, 3.05) is 26.9 Å². The van der Waals surface area contributed by atoms with E-state index in [1.54, 1.807) is 7.11 Å². The predicted molar refractivity (Wildman–Crippen MR) is 164 cm³/mol. The molecule has 0 fully saturated rings. The summed E-state index contributed by atoms with van der Waals surface area (Å²) in [6.45, 7) is 6.55. The third kappa shape index (κ3) is 8.70. The van der Waals surface area contributed by atoms with E-state index in [1.807, 2.05) is 54.9 Å². The molecular weight excluding hydrogens is 510 g/mol. The van der Waals surface area contributed by atoms with Gasteiger partial charge in [0.05, 0.1) is 18.5 Å². The van der Waals surface area contributed by atoms with Crippen molar-refractivity contribution in [3.05, 3.63) is 126 Å². The van der Waals surface area contributed by atoms with Gasteiger partial charge >= 0.3 is 0 Å². The Labute approximate surface area is 242 Å². The van der Waals surface area contributed by atoms with E-state index in [9.17, 15) is 0 Å². The van der Waals surface area contributed by atoms with Crippen LogP contribution in [0.2, 0.25) is 0 Å². The lowest BCUT2D eigenvalue weighted by atomic mass is 10.1. The number of methoxy groups -OCH3 is 1. The second-order valence-electron chi connectivity index (χ2n) is 10.1. The standard InChI is InChI=1S/C33H39N7O/c1-41-31-12-13-33-32(18-31)28(21-39-33)20-35-19-26-8-10-27(11-9-26)24-40(25-36-23-30-7-3-5-15-38-30)17-16-34-22-29-6-2-4-14-37-29/h2-15,18,21,34-36,39H,16-17,19-20,22-25H2,1H3. The topological polar surface area (TPSA) is 90.1 Å². The summed E-state index contributed by atoms with van der Waals surface area (Å²) in [5.41, 5.74) is 7.02. The van der Waals surface area contributed by atoms with Gasteiger partial charge in [0, 0.05) is 82.0 Å². The third-order valence-electron chi connectivity index (χ3n) is 7.05. The molecule has 0 aliphatic carbocycles. The molecule has 212 valence electrons. The number of hydrogen-bond acceptors (Lipinski definition) is 7. The van der Waals surface area contributed by atoms with Gasteiger partial charge in [-0.1, -0.05) is 36.4 Å². The molecule has 3 aromatic heterocycles. The van der Waals surface area contributed by atoms with Gasteiger partial charge in [0.2, 0.25) is 0 Å². The van der Waals surface area contributed by atoms with Gasteiger partial charge in [-0.3, -0.25) is 20.2 Å². The smallest absolute Gasteiger partial charge is 0.119 e. The number of rotatable bonds is 16. The SMILES string of the molecule is COc1ccc2[nH]cc(CNCc3ccc(CN(CCNCc4ccccn4)CNCc4ccccn4)cc3)c2c1. The van der Waals surface area contributed by atoms with E-state index in [-0.39, 0.29) is 0 Å². The van der Waals surface area contributed by atoms with E-state index < -0.39 is 0 Å². The number of fused-ring (bicyclic) bond motifs is 1. The maximum absolute atomic E-state index is 5.40. The van der Waals surface area contributed by atoms with Gasteiger partial charge in [-0.05, 0) is 59.2 Å². The molecule has 8 nitrogen and oxygen atoms in total. The minimum Gasteiger partial charge on any atom is -0.497 e. The van der Waals surface area contributed by atoms with Crippen molar-refractivity contribution in [3.63, 3.8) is 0 Å². The summed E-state index contributed by atoms with van der Waals surface area (Å²) in [6.07, 6.45) is 5.75. The van der Waals surface area contributed by atoms with Crippen LogP contribution in [-0.4, -0.2) is 46.7 Å². The molecule has 41 heavy (non-hydrogen) atoms. The van der Waals surface area contributed by atoms with Gasteiger partial charge in [-0.25, -0.2) is 0 Å². The molecule has 0 radical (unpaired) electrons. The Balaban J connectivity index is 1.11. The Hall–Kier alpha value is -4.08. The molecule has 0 saturated carbocycles. The monoisotopic (exact) mass is 549 g/mol. The van der Waals surface area contributed by atoms with Crippen LogP contribution in [0.3, 0.4) is 0 Å². The summed E-state index contributed by atoms with van der Waals surface area (Å²) in [5.74, 6) is 0.874. The van der Waals surface area contributed by atoms with Crippen molar-refractivity contribution in [2.45, 2.75) is 32.7 Å². The number of ether oxygens (including phenoxy) is 1. The zero-order valence-electron chi connectivity index (χ0n) is 23.6. The largest absolute Gasteiger partial charge is 0.497 e. The fourth-order valence-electron chi connectivity index (χ4n) is 4.81. The molecule has 0 amide bonds. The van der Waals surface area contributed by atoms with Gasteiger partial charge in [0.1, 0.15) is 5.75 Å². The molecule has 0 unspecified atom stereocenters. The van der Waals surface area contributed by atoms with E-state index >= 15 is 0 Å². The Morgan fingerprint density at radius 2 is 1.49 bits per heavy atom. The summed E-state index contributed by atoms with van der Waals surface area (Å²) in [4.78, 5) is 14.6. The van der Waals surface area contributed by atoms with E-state index in [0.717, 1.165) is 75.1 Å². The van der Waals surface area contributed by atoms with Crippen molar-refractivity contribution < 1.29 is 4.74 Å². The van der Waals surface area contributed by atoms with Gasteiger partial charge in [-0.15, -0.1) is 0 Å². The number of hydrogen-bond donors (Lipinski definition) is 4. The van der Waals surface area contributed by atoms with Crippen LogP contribution in [0.1, 0.15) is 28.1 Å². The Kier molecular flexibility index (Phi) is 10.5. The quantitative estimate of drug-likeness (QED) is 0.106. The summed E-state index contributed by atoms with van der Waals surface area (Å²) in [7, 11) is 1.70. The Morgan fingerprint density at radius 1 is 0.756 bits per heavy atom. The number of aromatic nitrogens is 3. The Bertz CT molecular complexity index is 1460. The van der Waals surface area contributed by atoms with E-state index in [1.165, 1.54) is 22.1 Å². The van der Waals surface area contributed by atoms with Crippen LogP contribution in [0.5, 0.6) is 5.75 Å². The maximum atomic E-state index is 5.40. The molecular formula is C33H39N7O. The lowest BCUT2D eigenvalue weighted by molar-refractivity contribution is 0.242. The molecule has 0 atom stereocenters. The molecule has 5 aromatic rings. The van der Waals surface area contributed by atoms with E-state index in [4.69, 9.17) is 4.74 Å². The molecule has 3 heterocycles. The van der Waals surface area contributed by atoms with Crippen LogP contribution in [0.25, 0.3) is 10.9 Å². The first-order valence-electron chi connectivity index (χ1n) is 14.1. The highest BCUT2D eigenvalue weighted by Crippen LogP contribution is 2.23. The maximum Gasteiger partial charge on any atom is 0.119 e. The second kappa shape index (κ2) is 15.1. The van der Waals surface area contributed by atoms with Crippen LogP contribution in [0, 0.1) is 0 Å². The van der Waals surface area contributed by atoms with Crippen LogP contribution >= 0.6 is 0 Å². The van der Waals surface area contributed by atoms with Crippen molar-refractivity contribution in [2.24, 2.45) is 0 Å². The summed E-state index contributed by atoms with van der Waals surface area (Å²) >= 11 is 0. The molecule has 0 bridgehead atoms.